The standard InChI is InChI=1S/C20H23N5O4S2/c1-12-15(11-25-6-8-29-9-7-25)23-24-20-16(12)17(21)18(30-20)19(26)22-10-13-2-4-14(5-3-13)31(27)28/h2-5H,6-11,21H2,1H3,(H,22,26)(H,27,28). The lowest BCUT2D eigenvalue weighted by Gasteiger charge is -2.26. The highest BCUT2D eigenvalue weighted by atomic mass is 32.2. The molecule has 3 aromatic rings. The number of nitrogens with one attached hydrogen (secondary N) is 1. The van der Waals surface area contributed by atoms with Gasteiger partial charge < -0.3 is 20.3 Å². The molecule has 11 heteroatoms. The maximum absolute atomic E-state index is 12.8. The molecule has 1 fully saturated rings. The van der Waals surface area contributed by atoms with Gasteiger partial charge in [0.15, 0.2) is 11.1 Å². The van der Waals surface area contributed by atoms with E-state index in [1.807, 2.05) is 6.92 Å². The molecule has 1 saturated heterocycles. The summed E-state index contributed by atoms with van der Waals surface area (Å²) < 4.78 is 25.5. The fraction of sp³-hybridized carbons (Fsp3) is 0.350. The van der Waals surface area contributed by atoms with Crippen LogP contribution in [0, 0.1) is 6.92 Å². The molecule has 2 aromatic heterocycles. The lowest BCUT2D eigenvalue weighted by atomic mass is 10.1. The van der Waals surface area contributed by atoms with Crippen molar-refractivity contribution >= 4 is 44.2 Å². The van der Waals surface area contributed by atoms with E-state index in [9.17, 15) is 9.00 Å². The molecule has 1 unspecified atom stereocenters. The molecular formula is C20H23N5O4S2. The molecule has 0 bridgehead atoms. The largest absolute Gasteiger partial charge is 0.397 e. The zero-order chi connectivity index (χ0) is 22.0. The molecule has 3 heterocycles. The van der Waals surface area contributed by atoms with Gasteiger partial charge >= 0.3 is 0 Å². The zero-order valence-electron chi connectivity index (χ0n) is 17.0. The second-order valence-electron chi connectivity index (χ2n) is 7.26. The van der Waals surface area contributed by atoms with Crippen molar-refractivity contribution in [2.24, 2.45) is 0 Å². The van der Waals surface area contributed by atoms with Crippen LogP contribution in [-0.4, -0.2) is 56.1 Å². The number of morpholine rings is 1. The summed E-state index contributed by atoms with van der Waals surface area (Å²) in [5.74, 6) is -0.288. The number of nitrogens with zero attached hydrogens (tertiary/aromatic N) is 3. The summed E-state index contributed by atoms with van der Waals surface area (Å²) in [4.78, 5) is 16.4. The van der Waals surface area contributed by atoms with Crippen molar-refractivity contribution < 1.29 is 18.3 Å². The van der Waals surface area contributed by atoms with Crippen LogP contribution in [0.25, 0.3) is 10.2 Å². The third-order valence-electron chi connectivity index (χ3n) is 5.26. The van der Waals surface area contributed by atoms with Crippen molar-refractivity contribution in [3.8, 4) is 0 Å². The van der Waals surface area contributed by atoms with Crippen molar-refractivity contribution in [2.45, 2.75) is 24.9 Å². The van der Waals surface area contributed by atoms with Crippen molar-refractivity contribution in [3.63, 3.8) is 0 Å². The Balaban J connectivity index is 1.50. The molecule has 0 aliphatic carbocycles. The number of amides is 1. The van der Waals surface area contributed by atoms with E-state index in [0.717, 1.165) is 35.3 Å². The van der Waals surface area contributed by atoms with Gasteiger partial charge in [-0.1, -0.05) is 12.1 Å². The van der Waals surface area contributed by atoms with Crippen LogP contribution in [0.4, 0.5) is 5.69 Å². The molecule has 4 rings (SSSR count). The van der Waals surface area contributed by atoms with Crippen LogP contribution in [0.2, 0.25) is 0 Å². The molecule has 9 nitrogen and oxygen atoms in total. The number of nitrogens with two attached hydrogens (primary N) is 1. The SMILES string of the molecule is Cc1c(CN2CCOCC2)nnc2sc(C(=O)NCc3ccc(S(=O)O)cc3)c(N)c12. The Kier molecular flexibility index (Phi) is 6.58. The number of benzene rings is 1. The highest BCUT2D eigenvalue weighted by molar-refractivity contribution is 7.79. The Bertz CT molecular complexity index is 1130. The van der Waals surface area contributed by atoms with Gasteiger partial charge in [0.05, 0.1) is 29.5 Å². The molecule has 1 atom stereocenters. The Morgan fingerprint density at radius 3 is 2.68 bits per heavy atom. The number of aromatic nitrogens is 2. The number of nitrogen functional groups attached to an aromatic ring is 1. The van der Waals surface area contributed by atoms with Crippen LogP contribution >= 0.6 is 11.3 Å². The first kappa shape index (κ1) is 21.8. The van der Waals surface area contributed by atoms with Crippen LogP contribution in [0.3, 0.4) is 0 Å². The van der Waals surface area contributed by atoms with E-state index in [0.29, 0.717) is 40.0 Å². The highest BCUT2D eigenvalue weighted by Crippen LogP contribution is 2.35. The van der Waals surface area contributed by atoms with E-state index in [1.165, 1.54) is 11.3 Å². The normalized spacial score (nSPS) is 15.8. The summed E-state index contributed by atoms with van der Waals surface area (Å²) in [6.07, 6.45) is 0. The van der Waals surface area contributed by atoms with E-state index in [1.54, 1.807) is 24.3 Å². The quantitative estimate of drug-likeness (QED) is 0.475. The Labute approximate surface area is 185 Å². The smallest absolute Gasteiger partial charge is 0.263 e. The monoisotopic (exact) mass is 461 g/mol. The minimum absolute atomic E-state index is 0.276. The minimum Gasteiger partial charge on any atom is -0.397 e. The first-order valence-corrected chi connectivity index (χ1v) is 11.7. The first-order chi connectivity index (χ1) is 14.9. The predicted octanol–water partition coefficient (Wildman–Crippen LogP) is 1.92. The number of fused-ring (bicyclic) bond motifs is 1. The molecule has 0 radical (unpaired) electrons. The van der Waals surface area contributed by atoms with Gasteiger partial charge in [0, 0.05) is 31.6 Å². The molecule has 164 valence electrons. The van der Waals surface area contributed by atoms with E-state index >= 15 is 0 Å². The van der Waals surface area contributed by atoms with Gasteiger partial charge in [0.2, 0.25) is 0 Å². The van der Waals surface area contributed by atoms with Gasteiger partial charge in [-0.15, -0.1) is 16.4 Å². The van der Waals surface area contributed by atoms with E-state index in [4.69, 9.17) is 15.0 Å². The van der Waals surface area contributed by atoms with E-state index in [-0.39, 0.29) is 12.5 Å². The molecule has 0 saturated carbocycles. The second-order valence-corrected chi connectivity index (χ2v) is 9.23. The van der Waals surface area contributed by atoms with Gasteiger partial charge in [-0.25, -0.2) is 4.21 Å². The highest BCUT2D eigenvalue weighted by Gasteiger charge is 2.22. The number of rotatable bonds is 6. The summed E-state index contributed by atoms with van der Waals surface area (Å²) in [6.45, 7) is 6.02. The van der Waals surface area contributed by atoms with Crippen LogP contribution in [-0.2, 0) is 28.9 Å². The maximum atomic E-state index is 12.8. The van der Waals surface area contributed by atoms with Gasteiger partial charge in [-0.3, -0.25) is 9.69 Å². The molecule has 0 spiro atoms. The number of aryl methyl sites for hydroxylation is 1. The average molecular weight is 462 g/mol. The third kappa shape index (κ3) is 4.75. The van der Waals surface area contributed by atoms with E-state index in [2.05, 4.69) is 20.4 Å². The molecule has 1 amide bonds. The second kappa shape index (κ2) is 9.37. The summed E-state index contributed by atoms with van der Waals surface area (Å²) in [6, 6.07) is 6.51. The number of carbonyl (C=O) groups is 1. The summed E-state index contributed by atoms with van der Waals surface area (Å²) in [7, 11) is 0. The molecule has 1 aliphatic rings. The summed E-state index contributed by atoms with van der Waals surface area (Å²) in [5.41, 5.74) is 9.37. The molecule has 1 aromatic carbocycles. The zero-order valence-corrected chi connectivity index (χ0v) is 18.6. The topological polar surface area (TPSA) is 131 Å². The van der Waals surface area contributed by atoms with Crippen LogP contribution in [0.5, 0.6) is 0 Å². The lowest BCUT2D eigenvalue weighted by Crippen LogP contribution is -2.36. The Hall–Kier alpha value is -2.44. The van der Waals surface area contributed by atoms with E-state index < -0.39 is 11.1 Å². The third-order valence-corrected chi connectivity index (χ3v) is 7.02. The van der Waals surface area contributed by atoms with Crippen molar-refractivity contribution in [2.75, 3.05) is 32.0 Å². The number of carbonyl (C=O) groups excluding carboxylic acids is 1. The summed E-state index contributed by atoms with van der Waals surface area (Å²) >= 11 is -0.798. The molecule has 1 aliphatic heterocycles. The van der Waals surface area contributed by atoms with Crippen LogP contribution < -0.4 is 11.1 Å². The van der Waals surface area contributed by atoms with Gasteiger partial charge in [-0.2, -0.15) is 5.10 Å². The van der Waals surface area contributed by atoms with Gasteiger partial charge in [0.1, 0.15) is 9.71 Å². The number of hydrogen-bond donors (Lipinski definition) is 3. The maximum Gasteiger partial charge on any atom is 0.263 e. The van der Waals surface area contributed by atoms with Crippen LogP contribution in [0.15, 0.2) is 29.2 Å². The number of anilines is 1. The molecule has 4 N–H and O–H groups in total. The number of hydrogen-bond acceptors (Lipinski definition) is 8. The molecule has 31 heavy (non-hydrogen) atoms. The molecular weight excluding hydrogens is 438 g/mol. The van der Waals surface area contributed by atoms with Crippen molar-refractivity contribution in [1.29, 1.82) is 0 Å². The summed E-state index contributed by atoms with van der Waals surface area (Å²) in [5, 5.41) is 12.3. The van der Waals surface area contributed by atoms with Crippen molar-refractivity contribution in [1.82, 2.24) is 20.4 Å². The fourth-order valence-corrected chi connectivity index (χ4v) is 4.85. The lowest BCUT2D eigenvalue weighted by molar-refractivity contribution is 0.0335. The Morgan fingerprint density at radius 2 is 2.00 bits per heavy atom. The number of thiophene rings is 1. The predicted molar refractivity (Wildman–Crippen MR) is 119 cm³/mol. The van der Waals surface area contributed by atoms with Crippen molar-refractivity contribution in [3.05, 3.63) is 46.0 Å². The van der Waals surface area contributed by atoms with Gasteiger partial charge in [0.25, 0.3) is 5.91 Å². The van der Waals surface area contributed by atoms with Crippen LogP contribution in [0.1, 0.15) is 26.5 Å². The van der Waals surface area contributed by atoms with Gasteiger partial charge in [-0.05, 0) is 30.2 Å². The number of ether oxygens (including phenoxy) is 1. The average Bonchev–Trinajstić information content (AvgIpc) is 3.12. The fourth-order valence-electron chi connectivity index (χ4n) is 3.47. The minimum atomic E-state index is -2.02. The Morgan fingerprint density at radius 1 is 1.29 bits per heavy atom. The first-order valence-electron chi connectivity index (χ1n) is 9.76.